The quantitative estimate of drug-likeness (QED) is 0.289. The van der Waals surface area contributed by atoms with E-state index in [-0.39, 0.29) is 23.7 Å². The minimum Gasteiger partial charge on any atom is -0.449 e. The van der Waals surface area contributed by atoms with Crippen LogP contribution >= 0.6 is 0 Å². The predicted molar refractivity (Wildman–Crippen MR) is 72.3 cm³/mol. The van der Waals surface area contributed by atoms with Crippen molar-refractivity contribution in [3.05, 3.63) is 59.7 Å². The number of ether oxygens (including phenoxy) is 1. The molecule has 0 bridgehead atoms. The molecular weight excluding hydrogens is 276 g/mol. The van der Waals surface area contributed by atoms with Crippen LogP contribution in [0.25, 0.3) is 0 Å². The van der Waals surface area contributed by atoms with Crippen LogP contribution < -0.4 is 9.62 Å². The maximum absolute atomic E-state index is 10.7. The van der Waals surface area contributed by atoms with Gasteiger partial charge in [-0.3, -0.25) is 4.79 Å². The molecule has 2 aromatic carbocycles. The molecule has 0 aromatic heterocycles. The lowest BCUT2D eigenvalue weighted by atomic mass is 10.2. The van der Waals surface area contributed by atoms with Gasteiger partial charge < -0.3 is 14.7 Å². The van der Waals surface area contributed by atoms with E-state index in [0.717, 1.165) is 5.56 Å². The zero-order valence-electron chi connectivity index (χ0n) is 10.9. The van der Waals surface area contributed by atoms with Crippen molar-refractivity contribution in [1.82, 2.24) is 0 Å². The Labute approximate surface area is 120 Å². The summed E-state index contributed by atoms with van der Waals surface area (Å²) in [7, 11) is 0. The van der Waals surface area contributed by atoms with Crippen molar-refractivity contribution >= 4 is 12.4 Å². The van der Waals surface area contributed by atoms with Crippen molar-refractivity contribution in [2.75, 3.05) is 0 Å². The van der Waals surface area contributed by atoms with Crippen LogP contribution in [-0.4, -0.2) is 17.5 Å². The largest absolute Gasteiger partial charge is 0.511 e. The Morgan fingerprint density at radius 2 is 1.86 bits per heavy atom. The third kappa shape index (κ3) is 4.32. The van der Waals surface area contributed by atoms with Gasteiger partial charge in [0.05, 0.1) is 0 Å². The molecule has 0 saturated carbocycles. The van der Waals surface area contributed by atoms with Gasteiger partial charge >= 0.3 is 6.16 Å². The van der Waals surface area contributed by atoms with E-state index in [2.05, 4.69) is 4.74 Å². The highest BCUT2D eigenvalue weighted by Gasteiger charge is 2.11. The third-order valence-corrected chi connectivity index (χ3v) is 2.52. The Hall–Kier alpha value is -2.86. The number of hydrogen-bond acceptors (Lipinski definition) is 5. The number of carboxylic acid groups (broad SMARTS) is 1. The molecule has 0 amide bonds. The van der Waals surface area contributed by atoms with Crippen LogP contribution in [0.1, 0.15) is 15.9 Å². The van der Waals surface area contributed by atoms with Gasteiger partial charge in [0, 0.05) is 5.56 Å². The number of rotatable bonds is 6. The molecule has 6 heteroatoms. The van der Waals surface area contributed by atoms with Crippen LogP contribution in [0.2, 0.25) is 0 Å². The summed E-state index contributed by atoms with van der Waals surface area (Å²) in [5, 5.41) is 8.65. The monoisotopic (exact) mass is 288 g/mol. The van der Waals surface area contributed by atoms with Gasteiger partial charge in [0.2, 0.25) is 5.75 Å². The maximum atomic E-state index is 10.7. The van der Waals surface area contributed by atoms with Crippen molar-refractivity contribution in [2.24, 2.45) is 0 Å². The third-order valence-electron chi connectivity index (χ3n) is 2.52. The van der Waals surface area contributed by atoms with Gasteiger partial charge in [-0.2, -0.15) is 4.89 Å². The average Bonchev–Trinajstić information content (AvgIpc) is 2.49. The van der Waals surface area contributed by atoms with Gasteiger partial charge in [-0.05, 0) is 23.8 Å². The second kappa shape index (κ2) is 7.06. The molecule has 0 radical (unpaired) electrons. The zero-order valence-corrected chi connectivity index (χ0v) is 10.9. The van der Waals surface area contributed by atoms with Crippen molar-refractivity contribution in [1.29, 1.82) is 0 Å². The highest BCUT2D eigenvalue weighted by atomic mass is 17.2. The Kier molecular flexibility index (Phi) is 4.89. The Balaban J connectivity index is 2.04. The Morgan fingerprint density at radius 1 is 1.10 bits per heavy atom. The fourth-order valence-electron chi connectivity index (χ4n) is 1.58. The van der Waals surface area contributed by atoms with Crippen LogP contribution in [-0.2, 0) is 11.5 Å². The first-order valence-corrected chi connectivity index (χ1v) is 6.02. The lowest BCUT2D eigenvalue weighted by Gasteiger charge is -2.09. The van der Waals surface area contributed by atoms with Gasteiger partial charge in [-0.25, -0.2) is 4.79 Å². The molecule has 0 aliphatic rings. The lowest BCUT2D eigenvalue weighted by Crippen LogP contribution is -2.06. The van der Waals surface area contributed by atoms with Crippen molar-refractivity contribution in [2.45, 2.75) is 6.61 Å². The molecule has 0 aliphatic heterocycles. The fraction of sp³-hybridized carbons (Fsp3) is 0.0667. The summed E-state index contributed by atoms with van der Waals surface area (Å²) in [6, 6.07) is 13.4. The zero-order chi connectivity index (χ0) is 15.1. The molecule has 0 aliphatic carbocycles. The summed E-state index contributed by atoms with van der Waals surface area (Å²) in [5.74, 6) is -0.0425. The van der Waals surface area contributed by atoms with Crippen molar-refractivity contribution < 1.29 is 29.2 Å². The number of aldehydes is 1. The molecule has 0 atom stereocenters. The van der Waals surface area contributed by atoms with Gasteiger partial charge in [0.1, 0.15) is 12.9 Å². The average molecular weight is 288 g/mol. The Morgan fingerprint density at radius 3 is 2.52 bits per heavy atom. The summed E-state index contributed by atoms with van der Waals surface area (Å²) in [6.07, 6.45) is -0.936. The van der Waals surface area contributed by atoms with E-state index in [1.165, 1.54) is 18.2 Å². The molecule has 1 N–H and O–H groups in total. The second-order valence-corrected chi connectivity index (χ2v) is 4.02. The first-order valence-electron chi connectivity index (χ1n) is 6.02. The number of hydrogen-bond donors (Lipinski definition) is 1. The molecule has 0 saturated heterocycles. The van der Waals surface area contributed by atoms with E-state index in [1.54, 1.807) is 0 Å². The smallest absolute Gasteiger partial charge is 0.449 e. The maximum Gasteiger partial charge on any atom is 0.511 e. The van der Waals surface area contributed by atoms with Gasteiger partial charge in [0.25, 0.3) is 0 Å². The molecule has 0 fully saturated rings. The van der Waals surface area contributed by atoms with Gasteiger partial charge in [-0.1, -0.05) is 30.3 Å². The molecule has 21 heavy (non-hydrogen) atoms. The summed E-state index contributed by atoms with van der Waals surface area (Å²) in [6.45, 7) is 0.183. The first kappa shape index (κ1) is 14.5. The topological polar surface area (TPSA) is 82.1 Å². The van der Waals surface area contributed by atoms with Gasteiger partial charge in [0.15, 0.2) is 5.75 Å². The molecule has 0 spiro atoms. The molecule has 108 valence electrons. The minimum absolute atomic E-state index is 0.0685. The van der Waals surface area contributed by atoms with E-state index in [9.17, 15) is 9.59 Å². The second-order valence-electron chi connectivity index (χ2n) is 4.02. The van der Waals surface area contributed by atoms with Crippen molar-refractivity contribution in [3.63, 3.8) is 0 Å². The van der Waals surface area contributed by atoms with E-state index in [1.807, 2.05) is 30.3 Å². The standard InChI is InChI=1S/C15H12O6/c16-9-12-6-7-13(14(8-12)20-15(17)18)21-19-10-11-4-2-1-3-5-11/h1-9H,10H2,(H,17,18). The molecule has 6 nitrogen and oxygen atoms in total. The summed E-state index contributed by atoms with van der Waals surface area (Å²) in [4.78, 5) is 31.4. The first-order chi connectivity index (χ1) is 10.2. The van der Waals surface area contributed by atoms with E-state index >= 15 is 0 Å². The highest BCUT2D eigenvalue weighted by Crippen LogP contribution is 2.28. The number of benzene rings is 2. The minimum atomic E-state index is -1.51. The lowest BCUT2D eigenvalue weighted by molar-refractivity contribution is -0.218. The molecule has 0 heterocycles. The summed E-state index contributed by atoms with van der Waals surface area (Å²) in [5.41, 5.74) is 1.16. The van der Waals surface area contributed by atoms with Crippen LogP contribution in [0.5, 0.6) is 11.5 Å². The van der Waals surface area contributed by atoms with Crippen LogP contribution in [0.4, 0.5) is 4.79 Å². The summed E-state index contributed by atoms with van der Waals surface area (Å²) < 4.78 is 4.54. The molecular formula is C15H12O6. The summed E-state index contributed by atoms with van der Waals surface area (Å²) >= 11 is 0. The molecule has 2 aromatic rings. The SMILES string of the molecule is O=Cc1ccc(OOCc2ccccc2)c(OC(=O)O)c1. The van der Waals surface area contributed by atoms with Crippen molar-refractivity contribution in [3.8, 4) is 11.5 Å². The van der Waals surface area contributed by atoms with Crippen LogP contribution in [0.3, 0.4) is 0 Å². The Bertz CT molecular complexity index is 623. The predicted octanol–water partition coefficient (Wildman–Crippen LogP) is 3.07. The molecule has 0 unspecified atom stereocenters. The van der Waals surface area contributed by atoms with E-state index in [0.29, 0.717) is 6.29 Å². The highest BCUT2D eigenvalue weighted by molar-refractivity contribution is 5.77. The van der Waals surface area contributed by atoms with Gasteiger partial charge in [-0.15, -0.1) is 0 Å². The van der Waals surface area contributed by atoms with E-state index in [4.69, 9.17) is 14.9 Å². The normalized spacial score (nSPS) is 9.90. The number of carbonyl (C=O) groups is 2. The van der Waals surface area contributed by atoms with Crippen LogP contribution in [0, 0.1) is 0 Å². The van der Waals surface area contributed by atoms with Crippen LogP contribution in [0.15, 0.2) is 48.5 Å². The van der Waals surface area contributed by atoms with E-state index < -0.39 is 6.16 Å². The number of carbonyl (C=O) groups excluding carboxylic acids is 1. The molecule has 2 rings (SSSR count). The fourth-order valence-corrected chi connectivity index (χ4v) is 1.58.